The molecule has 0 aliphatic carbocycles. The Bertz CT molecular complexity index is 856. The van der Waals surface area contributed by atoms with Crippen molar-refractivity contribution in [2.45, 2.75) is 0 Å². The van der Waals surface area contributed by atoms with Crippen molar-refractivity contribution in [1.82, 2.24) is 10.2 Å². The summed E-state index contributed by atoms with van der Waals surface area (Å²) in [6.45, 7) is -0.0415. The number of amides is 3. The molecule has 0 unspecified atom stereocenters. The van der Waals surface area contributed by atoms with Gasteiger partial charge in [0.15, 0.2) is 6.61 Å². The Morgan fingerprint density at radius 2 is 1.64 bits per heavy atom. The second-order valence-corrected chi connectivity index (χ2v) is 6.12. The molecule has 7 heteroatoms. The minimum Gasteiger partial charge on any atom is -0.484 e. The second kappa shape index (κ2) is 9.91. The molecule has 0 radical (unpaired) electrons. The fraction of sp³-hybridized carbons (Fsp3) is 0.190. The Balaban J connectivity index is 1.87. The van der Waals surface area contributed by atoms with Gasteiger partial charge in [-0.25, -0.2) is 0 Å². The predicted molar refractivity (Wildman–Crippen MR) is 108 cm³/mol. The topological polar surface area (TPSA) is 87.7 Å². The highest BCUT2D eigenvalue weighted by atomic mass is 16.5. The second-order valence-electron chi connectivity index (χ2n) is 6.12. The molecule has 0 atom stereocenters. The fourth-order valence-electron chi connectivity index (χ4n) is 2.15. The summed E-state index contributed by atoms with van der Waals surface area (Å²) in [7, 11) is 4.89. The average molecular weight is 381 g/mol. The zero-order valence-electron chi connectivity index (χ0n) is 16.1. The number of anilines is 1. The molecule has 0 aromatic heterocycles. The molecule has 2 aromatic rings. The maximum atomic E-state index is 12.0. The monoisotopic (exact) mass is 381 g/mol. The zero-order valence-corrected chi connectivity index (χ0v) is 16.1. The van der Waals surface area contributed by atoms with Gasteiger partial charge in [-0.15, -0.1) is 0 Å². The number of rotatable bonds is 7. The van der Waals surface area contributed by atoms with Crippen molar-refractivity contribution in [1.29, 1.82) is 0 Å². The van der Waals surface area contributed by atoms with Gasteiger partial charge in [0.25, 0.3) is 11.8 Å². The molecule has 0 saturated carbocycles. The number of nitrogens with zero attached hydrogens (tertiary/aromatic N) is 1. The lowest BCUT2D eigenvalue weighted by atomic mass is 10.1. The van der Waals surface area contributed by atoms with Crippen LogP contribution >= 0.6 is 0 Å². The third kappa shape index (κ3) is 6.28. The summed E-state index contributed by atoms with van der Waals surface area (Å²) in [5.74, 6) is -0.0376. The Labute approximate surface area is 164 Å². The average Bonchev–Trinajstić information content (AvgIpc) is 2.71. The molecule has 2 aromatic carbocycles. The summed E-state index contributed by atoms with van der Waals surface area (Å²) < 4.78 is 5.38. The largest absolute Gasteiger partial charge is 0.484 e. The summed E-state index contributed by atoms with van der Waals surface area (Å²) in [4.78, 5) is 36.5. The highest BCUT2D eigenvalue weighted by Gasteiger charge is 2.05. The Hall–Kier alpha value is -3.61. The zero-order chi connectivity index (χ0) is 20.5. The van der Waals surface area contributed by atoms with Crippen molar-refractivity contribution in [2.75, 3.05) is 33.1 Å². The van der Waals surface area contributed by atoms with Gasteiger partial charge >= 0.3 is 0 Å². The molecule has 146 valence electrons. The lowest BCUT2D eigenvalue weighted by Crippen LogP contribution is -2.27. The number of nitrogens with one attached hydrogen (secondary N) is 2. The van der Waals surface area contributed by atoms with Gasteiger partial charge in [-0.2, -0.15) is 0 Å². The lowest BCUT2D eigenvalue weighted by Gasteiger charge is -2.11. The van der Waals surface area contributed by atoms with Gasteiger partial charge in [0, 0.05) is 38.5 Å². The van der Waals surface area contributed by atoms with Gasteiger partial charge in [0.2, 0.25) is 5.91 Å². The lowest BCUT2D eigenvalue weighted by molar-refractivity contribution is -0.130. The Morgan fingerprint density at radius 3 is 2.21 bits per heavy atom. The van der Waals surface area contributed by atoms with Gasteiger partial charge in [-0.3, -0.25) is 14.4 Å². The molecule has 28 heavy (non-hydrogen) atoms. The molecule has 0 aliphatic rings. The smallest absolute Gasteiger partial charge is 0.259 e. The highest BCUT2D eigenvalue weighted by molar-refractivity contribution is 6.02. The van der Waals surface area contributed by atoms with E-state index in [0.29, 0.717) is 17.0 Å². The molecule has 0 fully saturated rings. The first-order chi connectivity index (χ1) is 13.4. The van der Waals surface area contributed by atoms with Crippen LogP contribution in [0.2, 0.25) is 0 Å². The van der Waals surface area contributed by atoms with Crippen LogP contribution in [0.25, 0.3) is 6.08 Å². The quantitative estimate of drug-likeness (QED) is 0.720. The van der Waals surface area contributed by atoms with E-state index in [4.69, 9.17) is 4.74 Å². The van der Waals surface area contributed by atoms with E-state index in [1.54, 1.807) is 75.7 Å². The minimum atomic E-state index is -0.285. The van der Waals surface area contributed by atoms with Crippen LogP contribution in [0, 0.1) is 0 Å². The van der Waals surface area contributed by atoms with Crippen molar-refractivity contribution < 1.29 is 19.1 Å². The molecule has 0 bridgehead atoms. The van der Waals surface area contributed by atoms with E-state index in [2.05, 4.69) is 10.6 Å². The van der Waals surface area contributed by atoms with E-state index in [0.717, 1.165) is 5.56 Å². The van der Waals surface area contributed by atoms with Gasteiger partial charge < -0.3 is 20.3 Å². The summed E-state index contributed by atoms with van der Waals surface area (Å²) in [5, 5.41) is 5.29. The SMILES string of the molecule is CNC(=O)c1ccc(/C=C/C(=O)Nc2ccc(OCC(=O)N(C)C)cc2)cc1. The van der Waals surface area contributed by atoms with Crippen LogP contribution < -0.4 is 15.4 Å². The summed E-state index contributed by atoms with van der Waals surface area (Å²) >= 11 is 0. The van der Waals surface area contributed by atoms with Gasteiger partial charge in [-0.1, -0.05) is 12.1 Å². The van der Waals surface area contributed by atoms with Crippen molar-refractivity contribution >= 4 is 29.5 Å². The molecule has 0 heterocycles. The molecule has 7 nitrogen and oxygen atoms in total. The van der Waals surface area contributed by atoms with Crippen LogP contribution in [0.3, 0.4) is 0 Å². The first kappa shape index (κ1) is 20.7. The van der Waals surface area contributed by atoms with Crippen LogP contribution in [0.1, 0.15) is 15.9 Å². The van der Waals surface area contributed by atoms with Crippen LogP contribution in [-0.2, 0) is 9.59 Å². The van der Waals surface area contributed by atoms with Crippen molar-refractivity contribution in [3.8, 4) is 5.75 Å². The first-order valence-electron chi connectivity index (χ1n) is 8.63. The molecule has 0 aliphatic heterocycles. The van der Waals surface area contributed by atoms with E-state index in [9.17, 15) is 14.4 Å². The first-order valence-corrected chi connectivity index (χ1v) is 8.63. The number of ether oxygens (including phenoxy) is 1. The van der Waals surface area contributed by atoms with Crippen molar-refractivity contribution in [2.24, 2.45) is 0 Å². The number of hydrogen-bond acceptors (Lipinski definition) is 4. The van der Waals surface area contributed by atoms with Crippen LogP contribution in [0.5, 0.6) is 5.75 Å². The number of carbonyl (C=O) groups excluding carboxylic acids is 3. The molecule has 2 N–H and O–H groups in total. The van der Waals surface area contributed by atoms with E-state index >= 15 is 0 Å². The summed E-state index contributed by atoms with van der Waals surface area (Å²) in [5.41, 5.74) is 1.96. The third-order valence-corrected chi connectivity index (χ3v) is 3.81. The molecule has 3 amide bonds. The highest BCUT2D eigenvalue weighted by Crippen LogP contribution is 2.16. The molecule has 0 saturated heterocycles. The van der Waals surface area contributed by atoms with Crippen LogP contribution in [0.4, 0.5) is 5.69 Å². The van der Waals surface area contributed by atoms with E-state index in [1.165, 1.54) is 11.0 Å². The van der Waals surface area contributed by atoms with Crippen molar-refractivity contribution in [3.63, 3.8) is 0 Å². The third-order valence-electron chi connectivity index (χ3n) is 3.81. The standard InChI is InChI=1S/C21H23N3O4/c1-22-21(27)16-7-4-15(5-8-16)6-13-19(25)23-17-9-11-18(12-10-17)28-14-20(26)24(2)3/h4-13H,14H2,1-3H3,(H,22,27)(H,23,25)/b13-6+. The molecule has 2 rings (SSSR count). The van der Waals surface area contributed by atoms with E-state index in [1.807, 2.05) is 0 Å². The van der Waals surface area contributed by atoms with Gasteiger partial charge in [0.05, 0.1) is 0 Å². The van der Waals surface area contributed by atoms with Crippen LogP contribution in [0.15, 0.2) is 54.6 Å². The minimum absolute atomic E-state index is 0.0415. The number of carbonyl (C=O) groups is 3. The van der Waals surface area contributed by atoms with Gasteiger partial charge in [-0.05, 0) is 48.0 Å². The van der Waals surface area contributed by atoms with Crippen LogP contribution in [-0.4, -0.2) is 50.4 Å². The Morgan fingerprint density at radius 1 is 1.00 bits per heavy atom. The normalized spacial score (nSPS) is 10.4. The number of likely N-dealkylation sites (N-methyl/N-ethyl adjacent to an activating group) is 1. The maximum absolute atomic E-state index is 12.0. The fourth-order valence-corrected chi connectivity index (χ4v) is 2.15. The van der Waals surface area contributed by atoms with Crippen molar-refractivity contribution in [3.05, 3.63) is 65.7 Å². The molecule has 0 spiro atoms. The number of benzene rings is 2. The molecular formula is C21H23N3O4. The number of hydrogen-bond donors (Lipinski definition) is 2. The summed E-state index contributed by atoms with van der Waals surface area (Å²) in [6, 6.07) is 13.6. The summed E-state index contributed by atoms with van der Waals surface area (Å²) in [6.07, 6.45) is 3.07. The predicted octanol–water partition coefficient (Wildman–Crippen LogP) is 2.17. The van der Waals surface area contributed by atoms with Gasteiger partial charge in [0.1, 0.15) is 5.75 Å². The van der Waals surface area contributed by atoms with E-state index < -0.39 is 0 Å². The Kier molecular flexibility index (Phi) is 7.33. The molecular weight excluding hydrogens is 358 g/mol. The van der Waals surface area contributed by atoms with E-state index in [-0.39, 0.29) is 24.3 Å². The maximum Gasteiger partial charge on any atom is 0.259 e.